The van der Waals surface area contributed by atoms with E-state index in [0.29, 0.717) is 25.5 Å². The van der Waals surface area contributed by atoms with E-state index >= 15 is 0 Å². The van der Waals surface area contributed by atoms with Crippen LogP contribution in [0.3, 0.4) is 0 Å². The second-order valence-electron chi connectivity index (χ2n) is 4.96. The lowest BCUT2D eigenvalue weighted by Crippen LogP contribution is -2.37. The predicted octanol–water partition coefficient (Wildman–Crippen LogP) is 3.03. The van der Waals surface area contributed by atoms with Crippen LogP contribution in [0.1, 0.15) is 45.1 Å². The number of carboxylic acid groups (broad SMARTS) is 1. The van der Waals surface area contributed by atoms with Gasteiger partial charge in [0.25, 0.3) is 0 Å². The molecule has 0 spiro atoms. The summed E-state index contributed by atoms with van der Waals surface area (Å²) in [5, 5.41) is 11.9. The number of hydrogen-bond donors (Lipinski definition) is 2. The van der Waals surface area contributed by atoms with E-state index in [-0.39, 0.29) is 0 Å². The van der Waals surface area contributed by atoms with Gasteiger partial charge < -0.3 is 15.2 Å². The number of carbonyl (C=O) groups is 1. The zero-order valence-corrected chi connectivity index (χ0v) is 12.6. The van der Waals surface area contributed by atoms with Crippen molar-refractivity contribution in [1.29, 1.82) is 0 Å². The monoisotopic (exact) mass is 279 g/mol. The third-order valence-electron chi connectivity index (χ3n) is 3.49. The third-order valence-corrected chi connectivity index (χ3v) is 3.49. The highest BCUT2D eigenvalue weighted by Gasteiger charge is 2.15. The van der Waals surface area contributed by atoms with Crippen molar-refractivity contribution in [2.45, 2.75) is 45.6 Å². The fourth-order valence-electron chi connectivity index (χ4n) is 1.98. The quantitative estimate of drug-likeness (QED) is 0.729. The highest BCUT2D eigenvalue weighted by atomic mass is 16.5. The van der Waals surface area contributed by atoms with Gasteiger partial charge in [-0.05, 0) is 36.6 Å². The van der Waals surface area contributed by atoms with Crippen molar-refractivity contribution in [2.75, 3.05) is 13.2 Å². The number of nitrogens with one attached hydrogen (secondary N) is 1. The van der Waals surface area contributed by atoms with Crippen LogP contribution >= 0.6 is 0 Å². The molecular formula is C16H25NO3. The molecule has 0 aliphatic heterocycles. The number of likely N-dealkylation sites (N-methyl/N-ethyl adjacent to an activating group) is 1. The van der Waals surface area contributed by atoms with Gasteiger partial charge in [0.2, 0.25) is 0 Å². The maximum absolute atomic E-state index is 11.0. The van der Waals surface area contributed by atoms with Crippen molar-refractivity contribution in [1.82, 2.24) is 5.32 Å². The minimum atomic E-state index is -0.831. The molecule has 112 valence electrons. The summed E-state index contributed by atoms with van der Waals surface area (Å²) in [5.41, 5.74) is 1.30. The van der Waals surface area contributed by atoms with Crippen molar-refractivity contribution in [3.63, 3.8) is 0 Å². The number of benzene rings is 1. The van der Waals surface area contributed by atoms with Crippen LogP contribution in [0.15, 0.2) is 24.3 Å². The molecule has 2 unspecified atom stereocenters. The molecule has 4 nitrogen and oxygen atoms in total. The normalized spacial score (nSPS) is 13.8. The minimum Gasteiger partial charge on any atom is -0.494 e. The molecule has 0 fully saturated rings. The average molecular weight is 279 g/mol. The SMILES string of the molecule is CCNC(CCOc1ccc(C(C)CC)cc1)C(=O)O. The maximum Gasteiger partial charge on any atom is 0.320 e. The van der Waals surface area contributed by atoms with E-state index in [0.717, 1.165) is 12.2 Å². The van der Waals surface area contributed by atoms with Gasteiger partial charge in [-0.3, -0.25) is 4.79 Å². The Morgan fingerprint density at radius 2 is 1.95 bits per heavy atom. The van der Waals surface area contributed by atoms with Crippen molar-refractivity contribution in [2.24, 2.45) is 0 Å². The first kappa shape index (κ1) is 16.5. The Balaban J connectivity index is 2.43. The molecule has 2 atom stereocenters. The van der Waals surface area contributed by atoms with Crippen LogP contribution in [0.5, 0.6) is 5.75 Å². The lowest BCUT2D eigenvalue weighted by molar-refractivity contribution is -0.139. The predicted molar refractivity (Wildman–Crippen MR) is 80.4 cm³/mol. The van der Waals surface area contributed by atoms with Crippen LogP contribution in [0.2, 0.25) is 0 Å². The number of aliphatic carboxylic acids is 1. The minimum absolute atomic E-state index is 0.395. The van der Waals surface area contributed by atoms with Crippen molar-refractivity contribution in [3.8, 4) is 5.75 Å². The Hall–Kier alpha value is -1.55. The highest BCUT2D eigenvalue weighted by molar-refractivity contribution is 5.73. The standard InChI is InChI=1S/C16H25NO3/c1-4-12(3)13-6-8-14(9-7-13)20-11-10-15(16(18)19)17-5-2/h6-9,12,15,17H,4-5,10-11H2,1-3H3,(H,18,19). The smallest absolute Gasteiger partial charge is 0.320 e. The van der Waals surface area contributed by atoms with Crippen LogP contribution in [-0.4, -0.2) is 30.3 Å². The fraction of sp³-hybridized carbons (Fsp3) is 0.562. The van der Waals surface area contributed by atoms with E-state index < -0.39 is 12.0 Å². The van der Waals surface area contributed by atoms with Crippen molar-refractivity contribution >= 4 is 5.97 Å². The Labute approximate surface area is 121 Å². The average Bonchev–Trinajstić information content (AvgIpc) is 2.46. The molecule has 0 aliphatic rings. The number of rotatable bonds is 9. The lowest BCUT2D eigenvalue weighted by Gasteiger charge is -2.14. The molecule has 0 aliphatic carbocycles. The summed E-state index contributed by atoms with van der Waals surface area (Å²) in [6, 6.07) is 7.50. The summed E-state index contributed by atoms with van der Waals surface area (Å²) in [7, 11) is 0. The highest BCUT2D eigenvalue weighted by Crippen LogP contribution is 2.21. The molecule has 2 N–H and O–H groups in total. The van der Waals surface area contributed by atoms with E-state index in [2.05, 4.69) is 31.3 Å². The molecule has 20 heavy (non-hydrogen) atoms. The molecular weight excluding hydrogens is 254 g/mol. The Morgan fingerprint density at radius 3 is 2.45 bits per heavy atom. The van der Waals surface area contributed by atoms with Gasteiger partial charge in [0, 0.05) is 6.42 Å². The first-order valence-electron chi connectivity index (χ1n) is 7.27. The summed E-state index contributed by atoms with van der Waals surface area (Å²) < 4.78 is 5.60. The summed E-state index contributed by atoms with van der Waals surface area (Å²) in [5.74, 6) is 0.509. The molecule has 0 amide bonds. The second kappa shape index (κ2) is 8.59. The van der Waals surface area contributed by atoms with E-state index in [1.165, 1.54) is 5.56 Å². The topological polar surface area (TPSA) is 58.6 Å². The number of ether oxygens (including phenoxy) is 1. The first-order chi connectivity index (χ1) is 9.58. The maximum atomic E-state index is 11.0. The molecule has 0 radical (unpaired) electrons. The fourth-order valence-corrected chi connectivity index (χ4v) is 1.98. The van der Waals surface area contributed by atoms with Gasteiger partial charge in [-0.15, -0.1) is 0 Å². The van der Waals surface area contributed by atoms with Gasteiger partial charge in [-0.2, -0.15) is 0 Å². The summed E-state index contributed by atoms with van der Waals surface area (Å²) in [6.07, 6.45) is 1.57. The van der Waals surface area contributed by atoms with Gasteiger partial charge >= 0.3 is 5.97 Å². The van der Waals surface area contributed by atoms with Crippen LogP contribution < -0.4 is 10.1 Å². The van der Waals surface area contributed by atoms with Crippen LogP contribution in [0.4, 0.5) is 0 Å². The van der Waals surface area contributed by atoms with Gasteiger partial charge in [0.1, 0.15) is 11.8 Å². The molecule has 1 aromatic carbocycles. The van der Waals surface area contributed by atoms with E-state index in [1.54, 1.807) is 0 Å². The molecule has 0 saturated heterocycles. The van der Waals surface area contributed by atoms with E-state index in [1.807, 2.05) is 19.1 Å². The van der Waals surface area contributed by atoms with Gasteiger partial charge in [0.15, 0.2) is 0 Å². The molecule has 0 aromatic heterocycles. The Morgan fingerprint density at radius 1 is 1.30 bits per heavy atom. The largest absolute Gasteiger partial charge is 0.494 e. The summed E-state index contributed by atoms with van der Waals surface area (Å²) >= 11 is 0. The van der Waals surface area contributed by atoms with E-state index in [9.17, 15) is 4.79 Å². The molecule has 0 heterocycles. The van der Waals surface area contributed by atoms with Gasteiger partial charge in [0.05, 0.1) is 6.61 Å². The van der Waals surface area contributed by atoms with Crippen LogP contribution in [0.25, 0.3) is 0 Å². The number of hydrogen-bond acceptors (Lipinski definition) is 3. The molecule has 0 bridgehead atoms. The molecule has 4 heteroatoms. The Bertz CT molecular complexity index is 403. The summed E-state index contributed by atoms with van der Waals surface area (Å²) in [4.78, 5) is 11.0. The van der Waals surface area contributed by atoms with Gasteiger partial charge in [-0.1, -0.05) is 32.9 Å². The second-order valence-corrected chi connectivity index (χ2v) is 4.96. The molecule has 0 saturated carbocycles. The van der Waals surface area contributed by atoms with Crippen molar-refractivity contribution in [3.05, 3.63) is 29.8 Å². The summed E-state index contributed by atoms with van der Waals surface area (Å²) in [6.45, 7) is 7.29. The molecule has 1 aromatic rings. The zero-order chi connectivity index (χ0) is 15.0. The number of carboxylic acids is 1. The first-order valence-corrected chi connectivity index (χ1v) is 7.27. The van der Waals surface area contributed by atoms with Gasteiger partial charge in [-0.25, -0.2) is 0 Å². The van der Waals surface area contributed by atoms with Crippen LogP contribution in [-0.2, 0) is 4.79 Å². The van der Waals surface area contributed by atoms with E-state index in [4.69, 9.17) is 9.84 Å². The van der Waals surface area contributed by atoms with Crippen LogP contribution in [0, 0.1) is 0 Å². The third kappa shape index (κ3) is 5.21. The zero-order valence-electron chi connectivity index (χ0n) is 12.6. The van der Waals surface area contributed by atoms with Crippen molar-refractivity contribution < 1.29 is 14.6 Å². The Kier molecular flexibility index (Phi) is 7.09. The lowest BCUT2D eigenvalue weighted by atomic mass is 9.99. The molecule has 1 rings (SSSR count).